The monoisotopic (exact) mass is 220 g/mol. The van der Waals surface area contributed by atoms with E-state index in [2.05, 4.69) is 6.58 Å². The highest BCUT2D eigenvalue weighted by atomic mass is 16.7. The zero-order valence-electron chi connectivity index (χ0n) is 9.08. The van der Waals surface area contributed by atoms with Crippen LogP contribution in [-0.4, -0.2) is 24.6 Å². The summed E-state index contributed by atoms with van der Waals surface area (Å²) in [6.45, 7) is 4.89. The van der Waals surface area contributed by atoms with Gasteiger partial charge in [-0.2, -0.15) is 0 Å². The summed E-state index contributed by atoms with van der Waals surface area (Å²) in [7, 11) is 0. The number of ether oxygens (including phenoxy) is 2. The fraction of sp³-hybridized carbons (Fsp3) is 0.385. The van der Waals surface area contributed by atoms with Gasteiger partial charge >= 0.3 is 0 Å². The molecule has 0 aromatic heterocycles. The van der Waals surface area contributed by atoms with E-state index < -0.39 is 6.10 Å². The zero-order chi connectivity index (χ0) is 11.4. The predicted octanol–water partition coefficient (Wildman–Crippen LogP) is 1.90. The minimum Gasteiger partial charge on any atom is -0.388 e. The lowest BCUT2D eigenvalue weighted by Gasteiger charge is -2.24. The molecule has 1 aromatic rings. The van der Waals surface area contributed by atoms with Crippen molar-refractivity contribution in [2.75, 3.05) is 13.2 Å². The average Bonchev–Trinajstić information content (AvgIpc) is 2.85. The summed E-state index contributed by atoms with van der Waals surface area (Å²) in [6, 6.07) is 9.48. The molecule has 1 aliphatic rings. The van der Waals surface area contributed by atoms with Gasteiger partial charge in [0.1, 0.15) is 0 Å². The van der Waals surface area contributed by atoms with E-state index in [1.54, 1.807) is 6.08 Å². The molecule has 86 valence electrons. The molecule has 1 aromatic carbocycles. The lowest BCUT2D eigenvalue weighted by molar-refractivity contribution is -0.101. The van der Waals surface area contributed by atoms with Crippen molar-refractivity contribution in [3.05, 3.63) is 48.6 Å². The summed E-state index contributed by atoms with van der Waals surface area (Å²) < 4.78 is 10.8. The second-order valence-electron chi connectivity index (χ2n) is 3.78. The maximum Gasteiger partial charge on any atom is 0.166 e. The molecule has 0 radical (unpaired) electrons. The smallest absolute Gasteiger partial charge is 0.166 e. The lowest BCUT2D eigenvalue weighted by Crippen LogP contribution is -2.25. The van der Waals surface area contributed by atoms with E-state index in [0.717, 1.165) is 5.56 Å². The summed E-state index contributed by atoms with van der Waals surface area (Å²) in [4.78, 5) is 0. The fourth-order valence-corrected chi connectivity index (χ4v) is 1.86. The molecule has 0 aliphatic carbocycles. The van der Waals surface area contributed by atoms with Crippen LogP contribution in [0.1, 0.15) is 11.7 Å². The Morgan fingerprint density at radius 2 is 1.88 bits per heavy atom. The van der Waals surface area contributed by atoms with Crippen LogP contribution in [0.15, 0.2) is 43.0 Å². The van der Waals surface area contributed by atoms with Crippen molar-refractivity contribution in [2.45, 2.75) is 12.4 Å². The van der Waals surface area contributed by atoms with Crippen molar-refractivity contribution in [2.24, 2.45) is 5.92 Å². The normalized spacial score (nSPS) is 20.6. The van der Waals surface area contributed by atoms with Crippen LogP contribution in [0.3, 0.4) is 0 Å². The molecule has 16 heavy (non-hydrogen) atoms. The Morgan fingerprint density at radius 3 is 2.44 bits per heavy atom. The Hall–Kier alpha value is -1.16. The van der Waals surface area contributed by atoms with Crippen molar-refractivity contribution in [1.82, 2.24) is 0 Å². The largest absolute Gasteiger partial charge is 0.388 e. The highest BCUT2D eigenvalue weighted by molar-refractivity contribution is 5.19. The first-order valence-electron chi connectivity index (χ1n) is 5.41. The summed E-state index contributed by atoms with van der Waals surface area (Å²) in [5.41, 5.74) is 0.853. The quantitative estimate of drug-likeness (QED) is 0.787. The molecular weight excluding hydrogens is 204 g/mol. The predicted molar refractivity (Wildman–Crippen MR) is 60.8 cm³/mol. The van der Waals surface area contributed by atoms with Gasteiger partial charge in [-0.15, -0.1) is 6.58 Å². The second kappa shape index (κ2) is 5.25. The molecule has 3 nitrogen and oxygen atoms in total. The summed E-state index contributed by atoms with van der Waals surface area (Å²) in [5.74, 6) is -0.232. The Bertz CT molecular complexity index is 330. The zero-order valence-corrected chi connectivity index (χ0v) is 9.08. The Labute approximate surface area is 95.3 Å². The number of rotatable bonds is 4. The Balaban J connectivity index is 2.12. The minimum atomic E-state index is -0.637. The van der Waals surface area contributed by atoms with Crippen LogP contribution in [0.25, 0.3) is 0 Å². The topological polar surface area (TPSA) is 38.7 Å². The number of hydrogen-bond acceptors (Lipinski definition) is 3. The van der Waals surface area contributed by atoms with Crippen LogP contribution in [0.2, 0.25) is 0 Å². The van der Waals surface area contributed by atoms with Crippen LogP contribution < -0.4 is 0 Å². The van der Waals surface area contributed by atoms with Crippen molar-refractivity contribution in [3.8, 4) is 0 Å². The van der Waals surface area contributed by atoms with Gasteiger partial charge in [0, 0.05) is 0 Å². The number of hydrogen-bond donors (Lipinski definition) is 1. The molecule has 0 spiro atoms. The molecule has 0 amide bonds. The standard InChI is InChI=1S/C13H16O3/c1-2-11(13-15-8-9-16-13)12(14)10-6-4-3-5-7-10/h2-7,11-14H,1,8-9H2/t11-,12?/m1/s1. The van der Waals surface area contributed by atoms with Crippen molar-refractivity contribution >= 4 is 0 Å². The first kappa shape index (κ1) is 11.3. The molecular formula is C13H16O3. The van der Waals surface area contributed by atoms with Crippen LogP contribution in [-0.2, 0) is 9.47 Å². The van der Waals surface area contributed by atoms with Gasteiger partial charge in [-0.25, -0.2) is 0 Å². The third-order valence-electron chi connectivity index (χ3n) is 2.74. The summed E-state index contributed by atoms with van der Waals surface area (Å²) in [5, 5.41) is 10.2. The molecule has 0 bridgehead atoms. The maximum atomic E-state index is 10.2. The van der Waals surface area contributed by atoms with E-state index in [-0.39, 0.29) is 12.2 Å². The molecule has 2 atom stereocenters. The van der Waals surface area contributed by atoms with E-state index in [9.17, 15) is 5.11 Å². The maximum absolute atomic E-state index is 10.2. The van der Waals surface area contributed by atoms with Crippen molar-refractivity contribution < 1.29 is 14.6 Å². The third kappa shape index (κ3) is 2.32. The second-order valence-corrected chi connectivity index (χ2v) is 3.78. The molecule has 1 N–H and O–H groups in total. The number of aliphatic hydroxyl groups excluding tert-OH is 1. The molecule has 0 saturated carbocycles. The lowest BCUT2D eigenvalue weighted by atomic mass is 9.95. The van der Waals surface area contributed by atoms with Gasteiger partial charge < -0.3 is 14.6 Å². The van der Waals surface area contributed by atoms with Gasteiger partial charge in [-0.3, -0.25) is 0 Å². The van der Waals surface area contributed by atoms with Gasteiger partial charge in [-0.1, -0.05) is 36.4 Å². The SMILES string of the molecule is C=C[C@@H](C1OCCO1)C(O)c1ccccc1. The number of aliphatic hydroxyl groups is 1. The van der Waals surface area contributed by atoms with Gasteiger partial charge in [0.15, 0.2) is 6.29 Å². The van der Waals surface area contributed by atoms with Crippen molar-refractivity contribution in [3.63, 3.8) is 0 Å². The highest BCUT2D eigenvalue weighted by Crippen LogP contribution is 2.29. The van der Waals surface area contributed by atoms with Gasteiger partial charge in [0.25, 0.3) is 0 Å². The first-order chi connectivity index (χ1) is 7.83. The molecule has 2 rings (SSSR count). The van der Waals surface area contributed by atoms with Gasteiger partial charge in [-0.05, 0) is 5.56 Å². The van der Waals surface area contributed by atoms with E-state index in [4.69, 9.17) is 9.47 Å². The molecule has 3 heteroatoms. The van der Waals surface area contributed by atoms with Crippen LogP contribution in [0, 0.1) is 5.92 Å². The van der Waals surface area contributed by atoms with E-state index >= 15 is 0 Å². The van der Waals surface area contributed by atoms with Crippen LogP contribution >= 0.6 is 0 Å². The summed E-state index contributed by atoms with van der Waals surface area (Å²) >= 11 is 0. The Kier molecular flexibility index (Phi) is 3.72. The summed E-state index contributed by atoms with van der Waals surface area (Å²) in [6.07, 6.45) is 0.669. The number of benzene rings is 1. The van der Waals surface area contributed by atoms with E-state index in [1.807, 2.05) is 30.3 Å². The highest BCUT2D eigenvalue weighted by Gasteiger charge is 2.31. The molecule has 1 aliphatic heterocycles. The average molecular weight is 220 g/mol. The Morgan fingerprint density at radius 1 is 1.25 bits per heavy atom. The molecule has 1 unspecified atom stereocenters. The first-order valence-corrected chi connectivity index (χ1v) is 5.41. The minimum absolute atomic E-state index is 0.232. The van der Waals surface area contributed by atoms with E-state index in [0.29, 0.717) is 13.2 Å². The molecule has 1 saturated heterocycles. The van der Waals surface area contributed by atoms with Gasteiger partial charge in [0.05, 0.1) is 25.2 Å². The van der Waals surface area contributed by atoms with E-state index in [1.165, 1.54) is 0 Å². The fourth-order valence-electron chi connectivity index (χ4n) is 1.86. The third-order valence-corrected chi connectivity index (χ3v) is 2.74. The van der Waals surface area contributed by atoms with Gasteiger partial charge in [0.2, 0.25) is 0 Å². The van der Waals surface area contributed by atoms with Crippen molar-refractivity contribution in [1.29, 1.82) is 0 Å². The molecule has 1 fully saturated rings. The van der Waals surface area contributed by atoms with Crippen LogP contribution in [0.5, 0.6) is 0 Å². The van der Waals surface area contributed by atoms with Crippen LogP contribution in [0.4, 0.5) is 0 Å². The molecule has 1 heterocycles.